The van der Waals surface area contributed by atoms with Gasteiger partial charge in [-0.2, -0.15) is 26.3 Å². The molecule has 0 amide bonds. The van der Waals surface area contributed by atoms with E-state index in [2.05, 4.69) is 10.3 Å². The number of rotatable bonds is 3. The van der Waals surface area contributed by atoms with E-state index in [-0.39, 0.29) is 18.2 Å². The van der Waals surface area contributed by atoms with Crippen LogP contribution in [0.1, 0.15) is 29.8 Å². The molecule has 1 aliphatic carbocycles. The van der Waals surface area contributed by atoms with E-state index in [9.17, 15) is 35.1 Å². The number of pyridine rings is 1. The van der Waals surface area contributed by atoms with E-state index in [1.165, 1.54) is 30.0 Å². The summed E-state index contributed by atoms with van der Waals surface area (Å²) in [5, 5.41) is 3.29. The van der Waals surface area contributed by atoms with Crippen LogP contribution >= 0.6 is 11.8 Å². The Labute approximate surface area is 176 Å². The molecule has 4 rings (SSSR count). The Kier molecular flexibility index (Phi) is 5.28. The maximum absolute atomic E-state index is 14.5. The highest BCUT2D eigenvalue weighted by molar-refractivity contribution is 8.00. The summed E-state index contributed by atoms with van der Waals surface area (Å²) < 4.78 is 106. The summed E-state index contributed by atoms with van der Waals surface area (Å²) in [6.07, 6.45) is -11.4. The van der Waals surface area contributed by atoms with Gasteiger partial charge in [0.25, 0.3) is 0 Å². The quantitative estimate of drug-likeness (QED) is 0.576. The van der Waals surface area contributed by atoms with Crippen molar-refractivity contribution >= 4 is 11.8 Å². The van der Waals surface area contributed by atoms with Crippen molar-refractivity contribution in [2.75, 3.05) is 6.54 Å². The second-order valence-electron chi connectivity index (χ2n) is 7.59. The molecule has 2 atom stereocenters. The smallest absolute Gasteiger partial charge is 0.312 e. The van der Waals surface area contributed by atoms with Crippen LogP contribution in [0.25, 0.3) is 0 Å². The van der Waals surface area contributed by atoms with Crippen molar-refractivity contribution in [2.45, 2.75) is 53.0 Å². The van der Waals surface area contributed by atoms with Crippen LogP contribution in [0, 0.1) is 5.82 Å². The fourth-order valence-corrected chi connectivity index (χ4v) is 5.93. The molecule has 2 nitrogen and oxygen atoms in total. The molecule has 0 spiro atoms. The molecule has 31 heavy (non-hydrogen) atoms. The van der Waals surface area contributed by atoms with E-state index in [0.29, 0.717) is 35.9 Å². The third kappa shape index (κ3) is 3.49. The number of halogens is 8. The van der Waals surface area contributed by atoms with Gasteiger partial charge >= 0.3 is 18.0 Å². The number of hydrogen-bond acceptors (Lipinski definition) is 3. The standard InChI is InChI=1S/C20H16F8N2S/c21-11-2-1-3-12(10-11)31-17-8-9-29-15(17)7-5-14-13(17)4-6-16(30-14)18(22,19(23,24)25)20(26,27)28/h1-4,6,10,15,29H,5,7-9H2. The van der Waals surface area contributed by atoms with E-state index in [0.717, 1.165) is 6.07 Å². The van der Waals surface area contributed by atoms with E-state index in [1.807, 2.05) is 0 Å². The third-order valence-electron chi connectivity index (χ3n) is 5.78. The first-order chi connectivity index (χ1) is 14.4. The molecular formula is C20H16F8N2S. The maximum Gasteiger partial charge on any atom is 0.437 e. The lowest BCUT2D eigenvalue weighted by Crippen LogP contribution is -2.51. The Morgan fingerprint density at radius 3 is 2.35 bits per heavy atom. The molecule has 0 radical (unpaired) electrons. The first kappa shape index (κ1) is 22.3. The van der Waals surface area contributed by atoms with Crippen molar-refractivity contribution in [1.29, 1.82) is 0 Å². The van der Waals surface area contributed by atoms with E-state index in [1.54, 1.807) is 6.07 Å². The van der Waals surface area contributed by atoms with Gasteiger partial charge in [0, 0.05) is 16.6 Å². The molecule has 1 fully saturated rings. The number of fused-ring (bicyclic) bond motifs is 3. The first-order valence-corrected chi connectivity index (χ1v) is 10.2. The lowest BCUT2D eigenvalue weighted by molar-refractivity contribution is -0.350. The molecular weight excluding hydrogens is 452 g/mol. The van der Waals surface area contributed by atoms with Crippen molar-refractivity contribution in [3.05, 3.63) is 59.2 Å². The highest BCUT2D eigenvalue weighted by atomic mass is 32.2. The lowest BCUT2D eigenvalue weighted by atomic mass is 9.80. The van der Waals surface area contributed by atoms with Gasteiger partial charge in [-0.1, -0.05) is 12.1 Å². The van der Waals surface area contributed by atoms with Gasteiger partial charge in [-0.3, -0.25) is 4.98 Å². The van der Waals surface area contributed by atoms with Gasteiger partial charge in [0.05, 0.1) is 10.4 Å². The van der Waals surface area contributed by atoms with Crippen molar-refractivity contribution in [2.24, 2.45) is 0 Å². The number of aryl methyl sites for hydroxylation is 1. The van der Waals surface area contributed by atoms with Gasteiger partial charge in [0.2, 0.25) is 0 Å². The molecule has 1 saturated heterocycles. The molecule has 2 aliphatic rings. The van der Waals surface area contributed by atoms with E-state index < -0.39 is 34.3 Å². The Morgan fingerprint density at radius 2 is 1.71 bits per heavy atom. The average molecular weight is 468 g/mol. The van der Waals surface area contributed by atoms with Crippen molar-refractivity contribution in [3.63, 3.8) is 0 Å². The normalized spacial score (nSPS) is 24.1. The highest BCUT2D eigenvalue weighted by Gasteiger charge is 2.74. The van der Waals surface area contributed by atoms with Crippen LogP contribution in [0.2, 0.25) is 0 Å². The number of alkyl halides is 7. The Hall–Kier alpha value is -1.88. The molecule has 0 bridgehead atoms. The summed E-state index contributed by atoms with van der Waals surface area (Å²) in [6, 6.07) is 7.20. The monoisotopic (exact) mass is 468 g/mol. The Bertz CT molecular complexity index is 976. The lowest BCUT2D eigenvalue weighted by Gasteiger charge is -2.40. The Balaban J connectivity index is 1.81. The minimum atomic E-state index is -6.22. The zero-order chi connectivity index (χ0) is 22.7. The van der Waals surface area contributed by atoms with Gasteiger partial charge in [-0.05, 0) is 55.6 Å². The zero-order valence-electron chi connectivity index (χ0n) is 15.7. The number of hydrogen-bond donors (Lipinski definition) is 1. The van der Waals surface area contributed by atoms with E-state index in [4.69, 9.17) is 0 Å². The van der Waals surface area contributed by atoms with Crippen molar-refractivity contribution in [1.82, 2.24) is 10.3 Å². The summed E-state index contributed by atoms with van der Waals surface area (Å²) >= 11 is 1.28. The van der Waals surface area contributed by atoms with Gasteiger partial charge in [0.1, 0.15) is 5.82 Å². The number of nitrogens with one attached hydrogen (secondary N) is 1. The predicted octanol–water partition coefficient (Wildman–Crippen LogP) is 5.81. The molecule has 1 aromatic carbocycles. The van der Waals surface area contributed by atoms with Gasteiger partial charge in [0.15, 0.2) is 0 Å². The second kappa shape index (κ2) is 7.33. The van der Waals surface area contributed by atoms with Crippen LogP contribution < -0.4 is 5.32 Å². The summed E-state index contributed by atoms with van der Waals surface area (Å²) in [4.78, 5) is 4.12. The van der Waals surface area contributed by atoms with Crippen molar-refractivity contribution < 1.29 is 35.1 Å². The molecule has 1 aliphatic heterocycles. The van der Waals surface area contributed by atoms with Gasteiger partial charge < -0.3 is 5.32 Å². The maximum atomic E-state index is 14.5. The van der Waals surface area contributed by atoms with Gasteiger partial charge in [-0.15, -0.1) is 11.8 Å². The van der Waals surface area contributed by atoms with Crippen LogP contribution in [0.5, 0.6) is 0 Å². The summed E-state index contributed by atoms with van der Waals surface area (Å²) in [6.45, 7) is 0.562. The highest BCUT2D eigenvalue weighted by Crippen LogP contribution is 2.56. The largest absolute Gasteiger partial charge is 0.437 e. The molecule has 2 unspecified atom stereocenters. The topological polar surface area (TPSA) is 24.9 Å². The molecule has 1 N–H and O–H groups in total. The molecule has 168 valence electrons. The molecule has 11 heteroatoms. The van der Waals surface area contributed by atoms with Crippen LogP contribution in [-0.2, 0) is 16.8 Å². The molecule has 1 aromatic heterocycles. The van der Waals surface area contributed by atoms with Crippen LogP contribution in [-0.4, -0.2) is 29.9 Å². The van der Waals surface area contributed by atoms with Gasteiger partial charge in [-0.25, -0.2) is 8.78 Å². The first-order valence-electron chi connectivity index (χ1n) is 9.40. The number of aromatic nitrogens is 1. The fourth-order valence-electron chi connectivity index (χ4n) is 4.35. The fraction of sp³-hybridized carbons (Fsp3) is 0.450. The SMILES string of the molecule is Fc1cccc(SC23CCNC2CCc2nc(C(F)(C(F)(F)F)C(F)(F)F)ccc23)c1. The summed E-state index contributed by atoms with van der Waals surface area (Å²) in [5.74, 6) is -0.467. The van der Waals surface area contributed by atoms with Crippen LogP contribution in [0.3, 0.4) is 0 Å². The summed E-state index contributed by atoms with van der Waals surface area (Å²) in [5.41, 5.74) is -6.85. The Morgan fingerprint density at radius 1 is 1.00 bits per heavy atom. The second-order valence-corrected chi connectivity index (χ2v) is 8.99. The third-order valence-corrected chi connectivity index (χ3v) is 7.34. The number of thioether (sulfide) groups is 1. The number of nitrogens with zero attached hydrogens (tertiary/aromatic N) is 1. The summed E-state index contributed by atoms with van der Waals surface area (Å²) in [7, 11) is 0. The zero-order valence-corrected chi connectivity index (χ0v) is 16.6. The minimum Gasteiger partial charge on any atom is -0.312 e. The van der Waals surface area contributed by atoms with E-state index >= 15 is 0 Å². The number of benzene rings is 1. The molecule has 2 aromatic rings. The molecule has 2 heterocycles. The predicted molar refractivity (Wildman–Crippen MR) is 97.8 cm³/mol. The van der Waals surface area contributed by atoms with Crippen LogP contribution in [0.15, 0.2) is 41.3 Å². The van der Waals surface area contributed by atoms with Crippen molar-refractivity contribution in [3.8, 4) is 0 Å². The average Bonchev–Trinajstić information content (AvgIpc) is 3.09. The minimum absolute atomic E-state index is 0.00289. The van der Waals surface area contributed by atoms with Crippen LogP contribution in [0.4, 0.5) is 35.1 Å². The molecule has 0 saturated carbocycles.